The second-order valence-corrected chi connectivity index (χ2v) is 5.52. The van der Waals surface area contributed by atoms with Gasteiger partial charge in [0.25, 0.3) is 0 Å². The van der Waals surface area contributed by atoms with E-state index in [9.17, 15) is 4.79 Å². The molecule has 0 aliphatic heterocycles. The largest absolute Gasteiger partial charge is 0.493 e. The molecule has 1 saturated carbocycles. The van der Waals surface area contributed by atoms with Gasteiger partial charge in [-0.2, -0.15) is 0 Å². The number of rotatable bonds is 6. The van der Waals surface area contributed by atoms with Crippen molar-refractivity contribution in [2.24, 2.45) is 5.92 Å². The van der Waals surface area contributed by atoms with Gasteiger partial charge in [-0.25, -0.2) is 0 Å². The summed E-state index contributed by atoms with van der Waals surface area (Å²) in [7, 11) is 0. The molecule has 0 heterocycles. The van der Waals surface area contributed by atoms with Crippen LogP contribution >= 0.6 is 15.9 Å². The molecule has 1 fully saturated rings. The van der Waals surface area contributed by atoms with Crippen molar-refractivity contribution in [3.63, 3.8) is 0 Å². The number of benzene rings is 1. The van der Waals surface area contributed by atoms with E-state index in [0.29, 0.717) is 6.42 Å². The Bertz CT molecular complexity index is 386. The van der Waals surface area contributed by atoms with Crippen molar-refractivity contribution in [3.8, 4) is 5.75 Å². The number of aldehydes is 1. The quantitative estimate of drug-likeness (QED) is 0.747. The summed E-state index contributed by atoms with van der Waals surface area (Å²) >= 11 is 3.47. The molecule has 1 aliphatic rings. The Labute approximate surface area is 110 Å². The van der Waals surface area contributed by atoms with Crippen LogP contribution in [0.1, 0.15) is 31.2 Å². The Kier molecular flexibility index (Phi) is 4.60. The molecule has 1 aliphatic carbocycles. The van der Waals surface area contributed by atoms with Gasteiger partial charge in [-0.1, -0.05) is 22.4 Å². The average molecular weight is 297 g/mol. The summed E-state index contributed by atoms with van der Waals surface area (Å²) in [6.45, 7) is 0.823. The summed E-state index contributed by atoms with van der Waals surface area (Å²) in [4.78, 5) is 10.4. The molecule has 3 heteroatoms. The van der Waals surface area contributed by atoms with Crippen LogP contribution < -0.4 is 4.74 Å². The number of carbonyl (C=O) groups is 1. The first-order chi connectivity index (χ1) is 8.28. The van der Waals surface area contributed by atoms with Crippen molar-refractivity contribution >= 4 is 22.2 Å². The van der Waals surface area contributed by atoms with Gasteiger partial charge in [-0.3, -0.25) is 0 Å². The summed E-state index contributed by atoms with van der Waals surface area (Å²) in [6.07, 6.45) is 6.24. The monoisotopic (exact) mass is 296 g/mol. The first-order valence-electron chi connectivity index (χ1n) is 6.14. The fourth-order valence-electron chi connectivity index (χ4n) is 1.95. The third-order valence-corrected chi connectivity index (χ3v) is 3.65. The zero-order chi connectivity index (χ0) is 12.1. The molecular formula is C14H17BrO2. The summed E-state index contributed by atoms with van der Waals surface area (Å²) < 4.78 is 6.81. The van der Waals surface area contributed by atoms with Gasteiger partial charge in [0.05, 0.1) is 6.61 Å². The molecule has 0 unspecified atom stereocenters. The highest BCUT2D eigenvalue weighted by atomic mass is 79.9. The lowest BCUT2D eigenvalue weighted by Gasteiger charge is -2.25. The maximum Gasteiger partial charge on any atom is 0.120 e. The van der Waals surface area contributed by atoms with Crippen molar-refractivity contribution in [3.05, 3.63) is 28.2 Å². The molecule has 0 bridgehead atoms. The molecule has 0 atom stereocenters. The van der Waals surface area contributed by atoms with E-state index >= 15 is 0 Å². The van der Waals surface area contributed by atoms with Crippen LogP contribution in [0.5, 0.6) is 5.75 Å². The molecule has 0 amide bonds. The van der Waals surface area contributed by atoms with Crippen LogP contribution in [0.4, 0.5) is 0 Å². The van der Waals surface area contributed by atoms with Crippen LogP contribution in [0.2, 0.25) is 0 Å². The topological polar surface area (TPSA) is 26.3 Å². The van der Waals surface area contributed by atoms with E-state index in [4.69, 9.17) is 4.74 Å². The highest BCUT2D eigenvalue weighted by molar-refractivity contribution is 9.10. The van der Waals surface area contributed by atoms with E-state index in [1.807, 2.05) is 18.2 Å². The van der Waals surface area contributed by atoms with Crippen molar-refractivity contribution < 1.29 is 9.53 Å². The zero-order valence-electron chi connectivity index (χ0n) is 9.82. The summed E-state index contributed by atoms with van der Waals surface area (Å²) in [6, 6.07) is 6.07. The number of ether oxygens (including phenoxy) is 1. The predicted molar refractivity (Wildman–Crippen MR) is 71.4 cm³/mol. The summed E-state index contributed by atoms with van der Waals surface area (Å²) in [5.74, 6) is 1.65. The first-order valence-corrected chi connectivity index (χ1v) is 6.93. The normalized spacial score (nSPS) is 15.4. The van der Waals surface area contributed by atoms with Gasteiger partial charge >= 0.3 is 0 Å². The fraction of sp³-hybridized carbons (Fsp3) is 0.500. The number of hydrogen-bond donors (Lipinski definition) is 0. The Morgan fingerprint density at radius 2 is 2.18 bits per heavy atom. The average Bonchev–Trinajstić information content (AvgIpc) is 2.23. The minimum atomic E-state index is 0.568. The van der Waals surface area contributed by atoms with Crippen molar-refractivity contribution in [1.29, 1.82) is 0 Å². The van der Waals surface area contributed by atoms with Crippen LogP contribution in [0.15, 0.2) is 22.7 Å². The van der Waals surface area contributed by atoms with Crippen LogP contribution in [-0.4, -0.2) is 12.9 Å². The number of carbonyl (C=O) groups excluding carboxylic acids is 1. The van der Waals surface area contributed by atoms with Gasteiger partial charge < -0.3 is 9.53 Å². The molecule has 1 aromatic carbocycles. The lowest BCUT2D eigenvalue weighted by Crippen LogP contribution is -2.19. The minimum Gasteiger partial charge on any atom is -0.493 e. The molecule has 17 heavy (non-hydrogen) atoms. The number of halogens is 1. The molecule has 2 nitrogen and oxygen atoms in total. The molecule has 0 spiro atoms. The standard InChI is InChI=1S/C14H17BrO2/c15-13-7-12(5-2-6-16)8-14(9-13)17-10-11-3-1-4-11/h6-9,11H,1-5,10H2. The van der Waals surface area contributed by atoms with E-state index in [-0.39, 0.29) is 0 Å². The van der Waals surface area contributed by atoms with Gasteiger partial charge in [-0.15, -0.1) is 0 Å². The third-order valence-electron chi connectivity index (χ3n) is 3.19. The van der Waals surface area contributed by atoms with Crippen molar-refractivity contribution in [1.82, 2.24) is 0 Å². The Morgan fingerprint density at radius 3 is 2.82 bits per heavy atom. The molecule has 0 aromatic heterocycles. The van der Waals surface area contributed by atoms with E-state index in [0.717, 1.165) is 41.0 Å². The van der Waals surface area contributed by atoms with Gasteiger partial charge in [0.2, 0.25) is 0 Å². The third kappa shape index (κ3) is 3.84. The second-order valence-electron chi connectivity index (χ2n) is 4.61. The summed E-state index contributed by atoms with van der Waals surface area (Å²) in [5, 5.41) is 0. The highest BCUT2D eigenvalue weighted by Crippen LogP contribution is 2.28. The van der Waals surface area contributed by atoms with Gasteiger partial charge in [0.1, 0.15) is 12.0 Å². The van der Waals surface area contributed by atoms with E-state index in [1.54, 1.807) is 0 Å². The maximum absolute atomic E-state index is 10.4. The number of aryl methyl sites for hydroxylation is 1. The maximum atomic E-state index is 10.4. The van der Waals surface area contributed by atoms with Gasteiger partial charge in [0.15, 0.2) is 0 Å². The van der Waals surface area contributed by atoms with Crippen LogP contribution in [-0.2, 0) is 11.2 Å². The summed E-state index contributed by atoms with van der Waals surface area (Å²) in [5.41, 5.74) is 1.15. The van der Waals surface area contributed by atoms with Crippen LogP contribution in [0.3, 0.4) is 0 Å². The van der Waals surface area contributed by atoms with Gasteiger partial charge in [-0.05, 0) is 48.9 Å². The smallest absolute Gasteiger partial charge is 0.120 e. The molecule has 0 N–H and O–H groups in total. The second kappa shape index (κ2) is 6.20. The zero-order valence-corrected chi connectivity index (χ0v) is 11.4. The predicted octanol–water partition coefficient (Wildman–Crippen LogP) is 3.76. The fourth-order valence-corrected chi connectivity index (χ4v) is 2.47. The van der Waals surface area contributed by atoms with Gasteiger partial charge in [0, 0.05) is 10.9 Å². The Balaban J connectivity index is 1.94. The molecular weight excluding hydrogens is 280 g/mol. The Morgan fingerprint density at radius 1 is 1.35 bits per heavy atom. The minimum absolute atomic E-state index is 0.568. The molecule has 2 rings (SSSR count). The van der Waals surface area contributed by atoms with E-state index in [2.05, 4.69) is 15.9 Å². The van der Waals surface area contributed by atoms with E-state index < -0.39 is 0 Å². The lowest BCUT2D eigenvalue weighted by molar-refractivity contribution is -0.107. The first kappa shape index (κ1) is 12.6. The SMILES string of the molecule is O=CCCc1cc(Br)cc(OCC2CCC2)c1. The number of hydrogen-bond acceptors (Lipinski definition) is 2. The molecule has 0 radical (unpaired) electrons. The molecule has 1 aromatic rings. The van der Waals surface area contributed by atoms with Crippen LogP contribution in [0, 0.1) is 5.92 Å². The van der Waals surface area contributed by atoms with Crippen molar-refractivity contribution in [2.75, 3.05) is 6.61 Å². The van der Waals surface area contributed by atoms with Crippen LogP contribution in [0.25, 0.3) is 0 Å². The Hall–Kier alpha value is -0.830. The highest BCUT2D eigenvalue weighted by Gasteiger charge is 2.17. The van der Waals surface area contributed by atoms with Crippen molar-refractivity contribution in [2.45, 2.75) is 32.1 Å². The molecule has 92 valence electrons. The molecule has 0 saturated heterocycles. The lowest BCUT2D eigenvalue weighted by atomic mass is 9.86. The van der Waals surface area contributed by atoms with E-state index in [1.165, 1.54) is 19.3 Å².